The largest absolute Gasteiger partial charge is 0.322 e. The second kappa shape index (κ2) is 6.75. The molecule has 24 heavy (non-hydrogen) atoms. The van der Waals surface area contributed by atoms with Crippen LogP contribution in [-0.4, -0.2) is 25.5 Å². The highest BCUT2D eigenvalue weighted by Crippen LogP contribution is 2.22. The molecular formula is C15H13FN2O5S. The lowest BCUT2D eigenvalue weighted by Gasteiger charge is -2.06. The maximum absolute atomic E-state index is 13.3. The molecule has 0 atom stereocenters. The van der Waals surface area contributed by atoms with Crippen LogP contribution in [0.25, 0.3) is 0 Å². The molecule has 126 valence electrons. The summed E-state index contributed by atoms with van der Waals surface area (Å²) in [5.74, 6) is -1.69. The Labute approximate surface area is 137 Å². The fourth-order valence-electron chi connectivity index (χ4n) is 1.99. The Hall–Kier alpha value is -2.81. The number of halogens is 1. The van der Waals surface area contributed by atoms with Crippen molar-refractivity contribution in [2.45, 2.75) is 5.75 Å². The van der Waals surface area contributed by atoms with Crippen molar-refractivity contribution in [2.75, 3.05) is 11.6 Å². The molecule has 2 aromatic carbocycles. The minimum absolute atomic E-state index is 0.0771. The first-order chi connectivity index (χ1) is 11.2. The summed E-state index contributed by atoms with van der Waals surface area (Å²) < 4.78 is 35.7. The fourth-order valence-corrected chi connectivity index (χ4v) is 2.79. The second-order valence-electron chi connectivity index (χ2n) is 5.14. The van der Waals surface area contributed by atoms with E-state index in [1.807, 2.05) is 0 Å². The van der Waals surface area contributed by atoms with Crippen molar-refractivity contribution in [1.82, 2.24) is 0 Å². The number of benzene rings is 2. The minimum Gasteiger partial charge on any atom is -0.322 e. The molecule has 0 unspecified atom stereocenters. The number of carbonyl (C=O) groups excluding carboxylic acids is 1. The van der Waals surface area contributed by atoms with E-state index in [9.17, 15) is 27.7 Å². The molecule has 0 saturated carbocycles. The van der Waals surface area contributed by atoms with Crippen LogP contribution in [0.1, 0.15) is 15.9 Å². The van der Waals surface area contributed by atoms with Gasteiger partial charge in [0, 0.05) is 23.6 Å². The van der Waals surface area contributed by atoms with Crippen molar-refractivity contribution in [2.24, 2.45) is 0 Å². The van der Waals surface area contributed by atoms with Gasteiger partial charge in [0.05, 0.1) is 10.7 Å². The molecule has 0 aromatic heterocycles. The fraction of sp³-hybridized carbons (Fsp3) is 0.133. The van der Waals surface area contributed by atoms with Crippen LogP contribution in [0.5, 0.6) is 0 Å². The van der Waals surface area contributed by atoms with Crippen molar-refractivity contribution in [3.05, 3.63) is 69.5 Å². The van der Waals surface area contributed by atoms with E-state index in [0.717, 1.165) is 18.4 Å². The predicted octanol–water partition coefficient (Wildman–Crippen LogP) is 2.53. The van der Waals surface area contributed by atoms with Crippen molar-refractivity contribution in [3.8, 4) is 0 Å². The molecule has 0 aliphatic rings. The molecule has 0 spiro atoms. The second-order valence-corrected chi connectivity index (χ2v) is 7.28. The van der Waals surface area contributed by atoms with Gasteiger partial charge in [0.25, 0.3) is 5.91 Å². The lowest BCUT2D eigenvalue weighted by Crippen LogP contribution is -2.12. The zero-order valence-corrected chi connectivity index (χ0v) is 13.3. The third kappa shape index (κ3) is 4.59. The van der Waals surface area contributed by atoms with E-state index in [0.29, 0.717) is 5.56 Å². The van der Waals surface area contributed by atoms with Gasteiger partial charge in [-0.05, 0) is 29.8 Å². The van der Waals surface area contributed by atoms with Gasteiger partial charge in [-0.1, -0.05) is 12.1 Å². The first-order valence-corrected chi connectivity index (χ1v) is 8.74. The van der Waals surface area contributed by atoms with Gasteiger partial charge in [0.15, 0.2) is 9.84 Å². The van der Waals surface area contributed by atoms with Crippen LogP contribution in [-0.2, 0) is 15.6 Å². The predicted molar refractivity (Wildman–Crippen MR) is 86.0 cm³/mol. The number of amides is 1. The highest BCUT2D eigenvalue weighted by atomic mass is 32.2. The molecule has 0 bridgehead atoms. The molecule has 0 fully saturated rings. The van der Waals surface area contributed by atoms with Crippen LogP contribution >= 0.6 is 0 Å². The van der Waals surface area contributed by atoms with Crippen LogP contribution in [0.2, 0.25) is 0 Å². The smallest absolute Gasteiger partial charge is 0.306 e. The summed E-state index contributed by atoms with van der Waals surface area (Å²) in [6.45, 7) is 0. The number of nitro groups is 1. The van der Waals surface area contributed by atoms with Gasteiger partial charge < -0.3 is 5.32 Å². The van der Waals surface area contributed by atoms with Crippen LogP contribution in [0.3, 0.4) is 0 Å². The molecule has 9 heteroatoms. The van der Waals surface area contributed by atoms with E-state index >= 15 is 0 Å². The van der Waals surface area contributed by atoms with Crippen molar-refractivity contribution >= 4 is 27.1 Å². The Morgan fingerprint density at radius 2 is 1.83 bits per heavy atom. The summed E-state index contributed by atoms with van der Waals surface area (Å²) in [6, 6.07) is 8.90. The molecule has 0 aliphatic carbocycles. The molecule has 2 rings (SSSR count). The zero-order chi connectivity index (χ0) is 17.9. The lowest BCUT2D eigenvalue weighted by atomic mass is 10.1. The SMILES string of the molecule is CS(=O)(=O)Cc1ccc(C(=O)Nc2ccc(F)c([N+](=O)[O-])c2)cc1. The number of nitrogens with one attached hydrogen (secondary N) is 1. The molecule has 7 nitrogen and oxygen atoms in total. The van der Waals surface area contributed by atoms with Gasteiger partial charge in [0.2, 0.25) is 5.82 Å². The Morgan fingerprint density at radius 1 is 1.21 bits per heavy atom. The number of hydrogen-bond acceptors (Lipinski definition) is 5. The minimum atomic E-state index is -3.18. The third-order valence-corrected chi connectivity index (χ3v) is 3.90. The van der Waals surface area contributed by atoms with Gasteiger partial charge >= 0.3 is 5.69 Å². The molecule has 2 aromatic rings. The van der Waals surface area contributed by atoms with Crippen LogP contribution in [0.4, 0.5) is 15.8 Å². The average Bonchev–Trinajstić information content (AvgIpc) is 2.48. The van der Waals surface area contributed by atoms with E-state index in [-0.39, 0.29) is 17.0 Å². The summed E-state index contributed by atoms with van der Waals surface area (Å²) in [5.41, 5.74) is 0.107. The number of nitrogens with zero attached hydrogens (tertiary/aromatic N) is 1. The number of anilines is 1. The number of sulfone groups is 1. The number of carbonyl (C=O) groups is 1. The molecule has 0 heterocycles. The average molecular weight is 352 g/mol. The summed E-state index contributed by atoms with van der Waals surface area (Å²) in [4.78, 5) is 21.9. The maximum Gasteiger partial charge on any atom is 0.306 e. The van der Waals surface area contributed by atoms with Crippen LogP contribution in [0.15, 0.2) is 42.5 Å². The highest BCUT2D eigenvalue weighted by Gasteiger charge is 2.16. The first kappa shape index (κ1) is 17.5. The Kier molecular flexibility index (Phi) is 4.93. The van der Waals surface area contributed by atoms with E-state index in [4.69, 9.17) is 0 Å². The van der Waals surface area contributed by atoms with E-state index in [2.05, 4.69) is 5.32 Å². The van der Waals surface area contributed by atoms with Gasteiger partial charge in [-0.25, -0.2) is 8.42 Å². The third-order valence-electron chi connectivity index (χ3n) is 3.05. The van der Waals surface area contributed by atoms with Crippen molar-refractivity contribution < 1.29 is 22.5 Å². The molecule has 1 N–H and O–H groups in total. The normalized spacial score (nSPS) is 11.1. The topological polar surface area (TPSA) is 106 Å². The molecule has 0 saturated heterocycles. The quantitative estimate of drug-likeness (QED) is 0.657. The summed E-state index contributed by atoms with van der Waals surface area (Å²) >= 11 is 0. The number of nitro benzene ring substituents is 1. The lowest BCUT2D eigenvalue weighted by molar-refractivity contribution is -0.387. The number of hydrogen-bond donors (Lipinski definition) is 1. The molecular weight excluding hydrogens is 339 g/mol. The monoisotopic (exact) mass is 352 g/mol. The number of rotatable bonds is 5. The summed E-state index contributed by atoms with van der Waals surface area (Å²) in [6.07, 6.45) is 1.11. The standard InChI is InChI=1S/C15H13FN2O5S/c1-24(22,23)9-10-2-4-11(5-3-10)15(19)17-12-6-7-13(16)14(8-12)18(20)21/h2-8H,9H2,1H3,(H,17,19). The van der Waals surface area contributed by atoms with Crippen molar-refractivity contribution in [3.63, 3.8) is 0 Å². The van der Waals surface area contributed by atoms with E-state index in [1.165, 1.54) is 30.3 Å². The van der Waals surface area contributed by atoms with E-state index in [1.54, 1.807) is 0 Å². The Bertz CT molecular complexity index is 895. The van der Waals surface area contributed by atoms with Crippen molar-refractivity contribution in [1.29, 1.82) is 0 Å². The molecule has 1 amide bonds. The van der Waals surface area contributed by atoms with Gasteiger partial charge in [-0.2, -0.15) is 4.39 Å². The van der Waals surface area contributed by atoms with Gasteiger partial charge in [-0.15, -0.1) is 0 Å². The van der Waals surface area contributed by atoms with Gasteiger partial charge in [0.1, 0.15) is 0 Å². The maximum atomic E-state index is 13.3. The summed E-state index contributed by atoms with van der Waals surface area (Å²) in [7, 11) is -3.18. The van der Waals surface area contributed by atoms with Crippen LogP contribution < -0.4 is 5.32 Å². The van der Waals surface area contributed by atoms with E-state index < -0.39 is 32.2 Å². The first-order valence-electron chi connectivity index (χ1n) is 6.68. The molecule has 0 aliphatic heterocycles. The Morgan fingerprint density at radius 3 is 2.38 bits per heavy atom. The zero-order valence-electron chi connectivity index (χ0n) is 12.5. The van der Waals surface area contributed by atoms with Gasteiger partial charge in [-0.3, -0.25) is 14.9 Å². The summed E-state index contributed by atoms with van der Waals surface area (Å²) in [5, 5.41) is 13.1. The van der Waals surface area contributed by atoms with Crippen LogP contribution in [0, 0.1) is 15.9 Å². The Balaban J connectivity index is 2.15. The molecule has 0 radical (unpaired) electrons. The highest BCUT2D eigenvalue weighted by molar-refractivity contribution is 7.89.